The lowest BCUT2D eigenvalue weighted by Crippen LogP contribution is -2.23. The van der Waals surface area contributed by atoms with Crippen LogP contribution in [0.5, 0.6) is 5.88 Å². The van der Waals surface area contributed by atoms with Gasteiger partial charge in [-0.05, 0) is 19.4 Å². The number of hydrogen-bond donors (Lipinski definition) is 1. The topological polar surface area (TPSA) is 77.2 Å². The minimum absolute atomic E-state index is 0.0837. The number of hydrogen-bond acceptors (Lipinski definition) is 5. The van der Waals surface area contributed by atoms with Gasteiger partial charge in [-0.2, -0.15) is 0 Å². The van der Waals surface area contributed by atoms with E-state index < -0.39 is 0 Å². The number of carbonyl (C=O) groups excluding carboxylic acids is 1. The highest BCUT2D eigenvalue weighted by Crippen LogP contribution is 2.15. The molecule has 22 heavy (non-hydrogen) atoms. The number of nitrogens with zero attached hydrogens (tertiary/aromatic N) is 2. The first-order valence-corrected chi connectivity index (χ1v) is 7.32. The summed E-state index contributed by atoms with van der Waals surface area (Å²) in [5.74, 6) is 1.20. The van der Waals surface area contributed by atoms with Crippen LogP contribution in [0.3, 0.4) is 0 Å². The maximum absolute atomic E-state index is 12.0. The maximum atomic E-state index is 12.0. The highest BCUT2D eigenvalue weighted by molar-refractivity contribution is 5.92. The summed E-state index contributed by atoms with van der Waals surface area (Å²) in [6.07, 6.45) is 1.76. The zero-order chi connectivity index (χ0) is 16.1. The van der Waals surface area contributed by atoms with Crippen LogP contribution < -0.4 is 10.1 Å². The van der Waals surface area contributed by atoms with Gasteiger partial charge >= 0.3 is 0 Å². The molecule has 0 aliphatic heterocycles. The quantitative estimate of drug-likeness (QED) is 0.887. The first-order chi connectivity index (χ1) is 10.5. The summed E-state index contributed by atoms with van der Waals surface area (Å²) in [6.45, 7) is 8.22. The van der Waals surface area contributed by atoms with Crippen LogP contribution >= 0.6 is 0 Å². The molecule has 2 aromatic rings. The zero-order valence-electron chi connectivity index (χ0n) is 13.3. The Morgan fingerprint density at radius 2 is 2.09 bits per heavy atom. The van der Waals surface area contributed by atoms with Gasteiger partial charge in [0.2, 0.25) is 5.88 Å². The van der Waals surface area contributed by atoms with Gasteiger partial charge < -0.3 is 14.6 Å². The van der Waals surface area contributed by atoms with Crippen LogP contribution in [0.2, 0.25) is 0 Å². The normalized spacial score (nSPS) is 11.0. The summed E-state index contributed by atoms with van der Waals surface area (Å²) in [4.78, 5) is 16.2. The van der Waals surface area contributed by atoms with Crippen molar-refractivity contribution < 1.29 is 14.1 Å². The molecule has 6 heteroatoms. The predicted molar refractivity (Wildman–Crippen MR) is 81.8 cm³/mol. The van der Waals surface area contributed by atoms with E-state index in [1.807, 2.05) is 33.8 Å². The van der Waals surface area contributed by atoms with Crippen molar-refractivity contribution in [1.29, 1.82) is 0 Å². The van der Waals surface area contributed by atoms with E-state index in [4.69, 9.17) is 9.26 Å². The van der Waals surface area contributed by atoms with E-state index in [0.29, 0.717) is 18.2 Å². The molecule has 0 aliphatic carbocycles. The minimum atomic E-state index is -0.266. The van der Waals surface area contributed by atoms with E-state index >= 15 is 0 Å². The molecule has 0 spiro atoms. The zero-order valence-corrected chi connectivity index (χ0v) is 13.3. The second kappa shape index (κ2) is 7.06. The molecule has 0 aromatic carbocycles. The second-order valence-corrected chi connectivity index (χ2v) is 5.62. The standard InChI is InChI=1S/C16H21N3O3/c1-10(2)14-7-13(19-22-14)16(20)18-9-12-5-6-15(17-8-12)21-11(3)4/h5-8,10-11H,9H2,1-4H3,(H,18,20). The summed E-state index contributed by atoms with van der Waals surface area (Å²) in [5, 5.41) is 6.56. The Bertz CT molecular complexity index is 618. The van der Waals surface area contributed by atoms with Gasteiger partial charge in [0, 0.05) is 30.8 Å². The summed E-state index contributed by atoms with van der Waals surface area (Å²) in [5.41, 5.74) is 1.17. The second-order valence-electron chi connectivity index (χ2n) is 5.62. The summed E-state index contributed by atoms with van der Waals surface area (Å²) >= 11 is 0. The smallest absolute Gasteiger partial charge is 0.273 e. The lowest BCUT2D eigenvalue weighted by molar-refractivity contribution is 0.0941. The Hall–Kier alpha value is -2.37. The van der Waals surface area contributed by atoms with Crippen molar-refractivity contribution >= 4 is 5.91 Å². The van der Waals surface area contributed by atoms with Gasteiger partial charge in [0.05, 0.1) is 6.10 Å². The molecule has 1 amide bonds. The van der Waals surface area contributed by atoms with Gasteiger partial charge in [-0.1, -0.05) is 25.1 Å². The number of aromatic nitrogens is 2. The van der Waals surface area contributed by atoms with Crippen molar-refractivity contribution in [1.82, 2.24) is 15.5 Å². The third kappa shape index (κ3) is 4.31. The van der Waals surface area contributed by atoms with Crippen molar-refractivity contribution in [2.24, 2.45) is 0 Å². The highest BCUT2D eigenvalue weighted by atomic mass is 16.5. The van der Waals surface area contributed by atoms with Crippen LogP contribution in [0.25, 0.3) is 0 Å². The van der Waals surface area contributed by atoms with E-state index in [-0.39, 0.29) is 23.6 Å². The summed E-state index contributed by atoms with van der Waals surface area (Å²) in [6, 6.07) is 5.32. The van der Waals surface area contributed by atoms with Crippen molar-refractivity contribution in [3.8, 4) is 5.88 Å². The fraction of sp³-hybridized carbons (Fsp3) is 0.438. The Balaban J connectivity index is 1.90. The van der Waals surface area contributed by atoms with Gasteiger partial charge in [0.1, 0.15) is 5.76 Å². The molecule has 0 aliphatic rings. The number of pyridine rings is 1. The van der Waals surface area contributed by atoms with Crippen LogP contribution in [0, 0.1) is 0 Å². The van der Waals surface area contributed by atoms with E-state index in [1.54, 1.807) is 18.3 Å². The third-order valence-corrected chi connectivity index (χ3v) is 2.94. The number of carbonyl (C=O) groups is 1. The largest absolute Gasteiger partial charge is 0.475 e. The van der Waals surface area contributed by atoms with Gasteiger partial charge in [0.25, 0.3) is 5.91 Å². The Morgan fingerprint density at radius 3 is 2.64 bits per heavy atom. The molecule has 2 rings (SSSR count). The molecule has 0 unspecified atom stereocenters. The third-order valence-electron chi connectivity index (χ3n) is 2.94. The SMILES string of the molecule is CC(C)Oc1ccc(CNC(=O)c2cc(C(C)C)on2)cn1. The fourth-order valence-electron chi connectivity index (χ4n) is 1.77. The van der Waals surface area contributed by atoms with Gasteiger partial charge in [-0.15, -0.1) is 0 Å². The first kappa shape index (κ1) is 16.0. The molecule has 1 N–H and O–H groups in total. The lowest BCUT2D eigenvalue weighted by atomic mass is 10.1. The van der Waals surface area contributed by atoms with Crippen LogP contribution in [-0.2, 0) is 6.54 Å². The maximum Gasteiger partial charge on any atom is 0.273 e. The summed E-state index contributed by atoms with van der Waals surface area (Å²) in [7, 11) is 0. The Labute approximate surface area is 129 Å². The molecule has 2 aromatic heterocycles. The van der Waals surface area contributed by atoms with E-state index in [0.717, 1.165) is 5.56 Å². The Kier molecular flexibility index (Phi) is 5.14. The van der Waals surface area contributed by atoms with Crippen molar-refractivity contribution in [3.05, 3.63) is 41.4 Å². The average Bonchev–Trinajstić information content (AvgIpc) is 2.96. The fourth-order valence-corrected chi connectivity index (χ4v) is 1.77. The average molecular weight is 303 g/mol. The molecule has 0 fully saturated rings. The van der Waals surface area contributed by atoms with Gasteiger partial charge in [0.15, 0.2) is 5.69 Å². The van der Waals surface area contributed by atoms with Crippen molar-refractivity contribution in [3.63, 3.8) is 0 Å². The predicted octanol–water partition coefficient (Wildman–Crippen LogP) is 2.91. The van der Waals surface area contributed by atoms with Gasteiger partial charge in [-0.25, -0.2) is 4.98 Å². The molecule has 0 saturated carbocycles. The Morgan fingerprint density at radius 1 is 1.32 bits per heavy atom. The number of rotatable bonds is 6. The minimum Gasteiger partial charge on any atom is -0.475 e. The van der Waals surface area contributed by atoms with E-state index in [9.17, 15) is 4.79 Å². The van der Waals surface area contributed by atoms with Crippen LogP contribution in [0.4, 0.5) is 0 Å². The number of nitrogens with one attached hydrogen (secondary N) is 1. The molecule has 2 heterocycles. The molecule has 0 radical (unpaired) electrons. The van der Waals surface area contributed by atoms with Gasteiger partial charge in [-0.3, -0.25) is 4.79 Å². The first-order valence-electron chi connectivity index (χ1n) is 7.32. The van der Waals surface area contributed by atoms with Crippen molar-refractivity contribution in [2.45, 2.75) is 46.3 Å². The molecule has 0 saturated heterocycles. The van der Waals surface area contributed by atoms with E-state index in [2.05, 4.69) is 15.5 Å². The lowest BCUT2D eigenvalue weighted by Gasteiger charge is -2.09. The molecule has 0 bridgehead atoms. The molecule has 6 nitrogen and oxygen atoms in total. The van der Waals surface area contributed by atoms with Crippen LogP contribution in [-0.4, -0.2) is 22.2 Å². The molecule has 0 atom stereocenters. The van der Waals surface area contributed by atoms with Crippen LogP contribution in [0.1, 0.15) is 55.4 Å². The number of ether oxygens (including phenoxy) is 1. The van der Waals surface area contributed by atoms with Crippen LogP contribution in [0.15, 0.2) is 28.9 Å². The van der Waals surface area contributed by atoms with Crippen molar-refractivity contribution in [2.75, 3.05) is 0 Å². The van der Waals surface area contributed by atoms with E-state index in [1.165, 1.54) is 0 Å². The molecule has 118 valence electrons. The monoisotopic (exact) mass is 303 g/mol. The highest BCUT2D eigenvalue weighted by Gasteiger charge is 2.14. The summed E-state index contributed by atoms with van der Waals surface area (Å²) < 4.78 is 10.6. The number of amides is 1. The molecular weight excluding hydrogens is 282 g/mol. The molecular formula is C16H21N3O3.